The van der Waals surface area contributed by atoms with Gasteiger partial charge in [-0.3, -0.25) is 4.90 Å². The molecule has 0 saturated carbocycles. The lowest BCUT2D eigenvalue weighted by molar-refractivity contribution is 0.0504. The molecule has 4 nitrogen and oxygen atoms in total. The Hall–Kier alpha value is -0.160. The Morgan fingerprint density at radius 3 is 2.71 bits per heavy atom. The van der Waals surface area contributed by atoms with Crippen LogP contribution in [0.5, 0.6) is 0 Å². The molecule has 1 rings (SSSR count). The Labute approximate surface area is 106 Å². The van der Waals surface area contributed by atoms with Gasteiger partial charge in [0.1, 0.15) is 0 Å². The summed E-state index contributed by atoms with van der Waals surface area (Å²) in [6.07, 6.45) is 1.14. The molecule has 1 fully saturated rings. The van der Waals surface area contributed by atoms with Crippen molar-refractivity contribution < 1.29 is 9.47 Å². The van der Waals surface area contributed by atoms with E-state index in [1.165, 1.54) is 0 Å². The summed E-state index contributed by atoms with van der Waals surface area (Å²) < 4.78 is 10.7. The van der Waals surface area contributed by atoms with E-state index in [-0.39, 0.29) is 0 Å². The van der Waals surface area contributed by atoms with E-state index >= 15 is 0 Å². The number of ether oxygens (including phenoxy) is 2. The lowest BCUT2D eigenvalue weighted by atomic mass is 10.1. The molecule has 0 amide bonds. The van der Waals surface area contributed by atoms with Crippen LogP contribution in [0.15, 0.2) is 0 Å². The smallest absolute Gasteiger partial charge is 0.0620 e. The number of rotatable bonds is 7. The summed E-state index contributed by atoms with van der Waals surface area (Å²) in [5.41, 5.74) is 0. The first-order chi connectivity index (χ1) is 8.15. The van der Waals surface area contributed by atoms with Crippen molar-refractivity contribution >= 4 is 0 Å². The monoisotopic (exact) mass is 244 g/mol. The van der Waals surface area contributed by atoms with Gasteiger partial charge in [0, 0.05) is 38.3 Å². The standard InChI is InChI=1S/C13H28N2O2/c1-11(2)15(6-8-16-4)12(3)9-13-10-17-7-5-14-13/h11-14H,5-10H2,1-4H3. The summed E-state index contributed by atoms with van der Waals surface area (Å²) in [5, 5.41) is 3.52. The largest absolute Gasteiger partial charge is 0.383 e. The van der Waals surface area contributed by atoms with E-state index in [4.69, 9.17) is 9.47 Å². The van der Waals surface area contributed by atoms with Crippen LogP contribution in [0.1, 0.15) is 27.2 Å². The first-order valence-corrected chi connectivity index (χ1v) is 6.71. The van der Waals surface area contributed by atoms with E-state index < -0.39 is 0 Å². The Morgan fingerprint density at radius 1 is 1.41 bits per heavy atom. The van der Waals surface area contributed by atoms with Crippen LogP contribution >= 0.6 is 0 Å². The molecule has 1 aliphatic rings. The fraction of sp³-hybridized carbons (Fsp3) is 1.00. The molecule has 0 aliphatic carbocycles. The predicted octanol–water partition coefficient (Wildman–Crippen LogP) is 1.11. The molecule has 2 atom stereocenters. The lowest BCUT2D eigenvalue weighted by Crippen LogP contribution is -2.48. The topological polar surface area (TPSA) is 33.7 Å². The third kappa shape index (κ3) is 5.34. The number of nitrogens with zero attached hydrogens (tertiary/aromatic N) is 1. The molecular formula is C13H28N2O2. The van der Waals surface area contributed by atoms with Crippen LogP contribution in [-0.4, -0.2) is 63.0 Å². The molecule has 0 bridgehead atoms. The van der Waals surface area contributed by atoms with Crippen LogP contribution in [0.2, 0.25) is 0 Å². The third-order valence-corrected chi connectivity index (χ3v) is 3.41. The minimum atomic E-state index is 0.502. The molecule has 1 heterocycles. The summed E-state index contributed by atoms with van der Waals surface area (Å²) >= 11 is 0. The molecule has 4 heteroatoms. The van der Waals surface area contributed by atoms with Crippen molar-refractivity contribution in [2.24, 2.45) is 0 Å². The zero-order chi connectivity index (χ0) is 12.7. The Morgan fingerprint density at radius 2 is 2.18 bits per heavy atom. The van der Waals surface area contributed by atoms with Crippen molar-refractivity contribution in [1.29, 1.82) is 0 Å². The van der Waals surface area contributed by atoms with Crippen LogP contribution in [0.25, 0.3) is 0 Å². The first kappa shape index (κ1) is 14.9. The molecule has 1 aliphatic heterocycles. The van der Waals surface area contributed by atoms with Crippen LogP contribution in [0.3, 0.4) is 0 Å². The van der Waals surface area contributed by atoms with Gasteiger partial charge in [0.25, 0.3) is 0 Å². The predicted molar refractivity (Wildman–Crippen MR) is 70.4 cm³/mol. The van der Waals surface area contributed by atoms with Gasteiger partial charge < -0.3 is 14.8 Å². The molecule has 0 aromatic rings. The fourth-order valence-electron chi connectivity index (χ4n) is 2.50. The van der Waals surface area contributed by atoms with Gasteiger partial charge in [-0.2, -0.15) is 0 Å². The summed E-state index contributed by atoms with van der Waals surface area (Å²) in [6.45, 7) is 11.3. The highest BCUT2D eigenvalue weighted by Crippen LogP contribution is 2.12. The van der Waals surface area contributed by atoms with Crippen LogP contribution < -0.4 is 5.32 Å². The molecule has 0 spiro atoms. The normalized spacial score (nSPS) is 23.3. The van der Waals surface area contributed by atoms with Crippen molar-refractivity contribution in [2.45, 2.75) is 45.3 Å². The minimum absolute atomic E-state index is 0.502. The van der Waals surface area contributed by atoms with Gasteiger partial charge in [0.2, 0.25) is 0 Å². The van der Waals surface area contributed by atoms with E-state index in [2.05, 4.69) is 31.0 Å². The van der Waals surface area contributed by atoms with E-state index in [9.17, 15) is 0 Å². The molecule has 2 unspecified atom stereocenters. The Kier molecular flexibility index (Phi) is 7.04. The second-order valence-electron chi connectivity index (χ2n) is 5.14. The second-order valence-corrected chi connectivity index (χ2v) is 5.14. The zero-order valence-corrected chi connectivity index (χ0v) is 11.7. The molecule has 0 aromatic carbocycles. The van der Waals surface area contributed by atoms with E-state index in [1.54, 1.807) is 7.11 Å². The zero-order valence-electron chi connectivity index (χ0n) is 11.7. The number of nitrogens with one attached hydrogen (secondary N) is 1. The van der Waals surface area contributed by atoms with Crippen molar-refractivity contribution in [3.05, 3.63) is 0 Å². The molecule has 1 N–H and O–H groups in total. The van der Waals surface area contributed by atoms with Crippen molar-refractivity contribution in [1.82, 2.24) is 10.2 Å². The summed E-state index contributed by atoms with van der Waals surface area (Å²) in [7, 11) is 1.76. The second kappa shape index (κ2) is 8.03. The average molecular weight is 244 g/mol. The van der Waals surface area contributed by atoms with E-state index in [0.29, 0.717) is 18.1 Å². The van der Waals surface area contributed by atoms with Gasteiger partial charge in [0.05, 0.1) is 19.8 Å². The fourth-order valence-corrected chi connectivity index (χ4v) is 2.50. The van der Waals surface area contributed by atoms with Crippen molar-refractivity contribution in [2.75, 3.05) is 40.0 Å². The summed E-state index contributed by atoms with van der Waals surface area (Å²) in [4.78, 5) is 2.50. The number of hydrogen-bond donors (Lipinski definition) is 1. The van der Waals surface area contributed by atoms with Crippen LogP contribution in [0.4, 0.5) is 0 Å². The van der Waals surface area contributed by atoms with Gasteiger partial charge in [-0.1, -0.05) is 0 Å². The highest BCUT2D eigenvalue weighted by atomic mass is 16.5. The van der Waals surface area contributed by atoms with Crippen LogP contribution in [0, 0.1) is 0 Å². The maximum atomic E-state index is 5.50. The number of hydrogen-bond acceptors (Lipinski definition) is 4. The molecule has 102 valence electrons. The quantitative estimate of drug-likeness (QED) is 0.727. The van der Waals surface area contributed by atoms with Gasteiger partial charge in [-0.15, -0.1) is 0 Å². The van der Waals surface area contributed by atoms with Crippen molar-refractivity contribution in [3.63, 3.8) is 0 Å². The minimum Gasteiger partial charge on any atom is -0.383 e. The SMILES string of the molecule is COCCN(C(C)C)C(C)CC1COCCN1. The summed E-state index contributed by atoms with van der Waals surface area (Å²) in [5.74, 6) is 0. The first-order valence-electron chi connectivity index (χ1n) is 6.71. The third-order valence-electron chi connectivity index (χ3n) is 3.41. The maximum Gasteiger partial charge on any atom is 0.0620 e. The molecule has 1 saturated heterocycles. The van der Waals surface area contributed by atoms with Gasteiger partial charge in [-0.05, 0) is 27.2 Å². The Bertz CT molecular complexity index is 194. The van der Waals surface area contributed by atoms with Gasteiger partial charge in [0.15, 0.2) is 0 Å². The van der Waals surface area contributed by atoms with Gasteiger partial charge in [-0.25, -0.2) is 0 Å². The number of morpholine rings is 1. The molecule has 17 heavy (non-hydrogen) atoms. The van der Waals surface area contributed by atoms with E-state index in [0.717, 1.165) is 39.3 Å². The Balaban J connectivity index is 2.37. The molecule has 0 aromatic heterocycles. The highest BCUT2D eigenvalue weighted by molar-refractivity contribution is 4.79. The van der Waals surface area contributed by atoms with E-state index in [1.807, 2.05) is 0 Å². The highest BCUT2D eigenvalue weighted by Gasteiger charge is 2.22. The molecule has 0 radical (unpaired) electrons. The molecular weight excluding hydrogens is 216 g/mol. The van der Waals surface area contributed by atoms with Gasteiger partial charge >= 0.3 is 0 Å². The van der Waals surface area contributed by atoms with Crippen molar-refractivity contribution in [3.8, 4) is 0 Å². The average Bonchev–Trinajstić information content (AvgIpc) is 2.30. The summed E-state index contributed by atoms with van der Waals surface area (Å²) in [6, 6.07) is 1.62. The lowest BCUT2D eigenvalue weighted by Gasteiger charge is -2.35. The number of methoxy groups -OCH3 is 1. The van der Waals surface area contributed by atoms with Crippen LogP contribution in [-0.2, 0) is 9.47 Å². The maximum absolute atomic E-state index is 5.50.